The molecular formula is C26H25N3O2. The van der Waals surface area contributed by atoms with Gasteiger partial charge in [0.2, 0.25) is 5.91 Å². The van der Waals surface area contributed by atoms with E-state index in [1.807, 2.05) is 74.5 Å². The van der Waals surface area contributed by atoms with Crippen molar-refractivity contribution < 1.29 is 9.59 Å². The molecule has 0 aliphatic rings. The van der Waals surface area contributed by atoms with E-state index < -0.39 is 0 Å². The largest absolute Gasteiger partial charge is 0.324 e. The number of nitrogens with one attached hydrogen (secondary N) is 2. The summed E-state index contributed by atoms with van der Waals surface area (Å²) in [5, 5.41) is 5.70. The van der Waals surface area contributed by atoms with Gasteiger partial charge in [-0.15, -0.1) is 0 Å². The van der Waals surface area contributed by atoms with Crippen molar-refractivity contribution in [2.75, 3.05) is 24.2 Å². The number of carbonyl (C=O) groups excluding carboxylic acids is 2. The van der Waals surface area contributed by atoms with Gasteiger partial charge in [-0.25, -0.2) is 4.79 Å². The van der Waals surface area contributed by atoms with E-state index in [0.29, 0.717) is 5.69 Å². The Balaban J connectivity index is 1.59. The number of aryl methyl sites for hydroxylation is 2. The molecule has 5 nitrogen and oxygen atoms in total. The molecule has 0 aliphatic carbocycles. The molecule has 0 radical (unpaired) electrons. The van der Waals surface area contributed by atoms with Crippen molar-refractivity contribution in [3.8, 4) is 11.8 Å². The molecular weight excluding hydrogens is 386 g/mol. The first-order chi connectivity index (χ1) is 14.9. The molecule has 0 fully saturated rings. The third-order valence-corrected chi connectivity index (χ3v) is 4.71. The van der Waals surface area contributed by atoms with Crippen LogP contribution in [0.25, 0.3) is 0 Å². The molecule has 0 saturated carbocycles. The van der Waals surface area contributed by atoms with E-state index in [9.17, 15) is 9.59 Å². The summed E-state index contributed by atoms with van der Waals surface area (Å²) in [5.74, 6) is 5.94. The second kappa shape index (κ2) is 10.1. The maximum atomic E-state index is 12.5. The fourth-order valence-corrected chi connectivity index (χ4v) is 3.04. The zero-order chi connectivity index (χ0) is 22.2. The predicted octanol–water partition coefficient (Wildman–Crippen LogP) is 4.81. The SMILES string of the molecule is Cc1cccc(C)c1NC(=O)CN(C)C(=O)Nc1cccc(C#Cc2ccccc2)c1. The van der Waals surface area contributed by atoms with Gasteiger partial charge < -0.3 is 15.5 Å². The van der Waals surface area contributed by atoms with Crippen LogP contribution in [0.4, 0.5) is 16.2 Å². The van der Waals surface area contributed by atoms with E-state index >= 15 is 0 Å². The fourth-order valence-electron chi connectivity index (χ4n) is 3.04. The van der Waals surface area contributed by atoms with Crippen LogP contribution in [0.1, 0.15) is 22.3 Å². The highest BCUT2D eigenvalue weighted by Gasteiger charge is 2.14. The Bertz CT molecular complexity index is 1120. The van der Waals surface area contributed by atoms with E-state index in [1.165, 1.54) is 4.90 Å². The highest BCUT2D eigenvalue weighted by Crippen LogP contribution is 2.19. The number of hydrogen-bond donors (Lipinski definition) is 2. The van der Waals surface area contributed by atoms with Gasteiger partial charge in [0, 0.05) is 29.5 Å². The number of benzene rings is 3. The number of hydrogen-bond acceptors (Lipinski definition) is 2. The molecule has 0 atom stereocenters. The van der Waals surface area contributed by atoms with Crippen LogP contribution in [0.2, 0.25) is 0 Å². The zero-order valence-electron chi connectivity index (χ0n) is 17.9. The maximum Gasteiger partial charge on any atom is 0.322 e. The van der Waals surface area contributed by atoms with Crippen LogP contribution in [-0.4, -0.2) is 30.4 Å². The Labute approximate surface area is 183 Å². The van der Waals surface area contributed by atoms with Crippen LogP contribution in [-0.2, 0) is 4.79 Å². The van der Waals surface area contributed by atoms with Crippen molar-refractivity contribution >= 4 is 23.3 Å². The maximum absolute atomic E-state index is 12.5. The molecule has 156 valence electrons. The number of carbonyl (C=O) groups is 2. The van der Waals surface area contributed by atoms with Gasteiger partial charge in [-0.3, -0.25) is 4.79 Å². The number of anilines is 2. The van der Waals surface area contributed by atoms with Gasteiger partial charge in [0.15, 0.2) is 0 Å². The minimum absolute atomic E-state index is 0.0624. The van der Waals surface area contributed by atoms with Crippen LogP contribution in [0, 0.1) is 25.7 Å². The number of rotatable bonds is 4. The van der Waals surface area contributed by atoms with E-state index in [4.69, 9.17) is 0 Å². The number of nitrogens with zero attached hydrogens (tertiary/aromatic N) is 1. The lowest BCUT2D eigenvalue weighted by molar-refractivity contribution is -0.116. The standard InChI is InChI=1S/C26H25N3O2/c1-19-9-7-10-20(2)25(19)28-24(30)18-29(3)26(31)27-23-14-8-13-22(17-23)16-15-21-11-5-4-6-12-21/h4-14,17H,18H2,1-3H3,(H,27,31)(H,28,30). The minimum Gasteiger partial charge on any atom is -0.324 e. The van der Waals surface area contributed by atoms with Crippen LogP contribution in [0.15, 0.2) is 72.8 Å². The molecule has 0 bridgehead atoms. The molecule has 0 aromatic heterocycles. The lowest BCUT2D eigenvalue weighted by Crippen LogP contribution is -2.37. The second-order valence-corrected chi connectivity index (χ2v) is 7.30. The monoisotopic (exact) mass is 411 g/mol. The molecule has 3 aromatic rings. The zero-order valence-corrected chi connectivity index (χ0v) is 17.9. The molecule has 0 aliphatic heterocycles. The average Bonchev–Trinajstić information content (AvgIpc) is 2.76. The Morgan fingerprint density at radius 2 is 1.42 bits per heavy atom. The number of amides is 3. The topological polar surface area (TPSA) is 61.4 Å². The van der Waals surface area contributed by atoms with E-state index in [-0.39, 0.29) is 18.5 Å². The molecule has 0 heterocycles. The summed E-state index contributed by atoms with van der Waals surface area (Å²) in [4.78, 5) is 26.3. The lowest BCUT2D eigenvalue weighted by Gasteiger charge is -2.19. The van der Waals surface area contributed by atoms with Crippen molar-refractivity contribution in [3.63, 3.8) is 0 Å². The third kappa shape index (κ3) is 6.22. The highest BCUT2D eigenvalue weighted by molar-refractivity contribution is 5.97. The van der Waals surface area contributed by atoms with E-state index in [2.05, 4.69) is 22.5 Å². The Kier molecular flexibility index (Phi) is 7.08. The van der Waals surface area contributed by atoms with Gasteiger partial charge in [-0.05, 0) is 55.3 Å². The first-order valence-electron chi connectivity index (χ1n) is 9.97. The quantitative estimate of drug-likeness (QED) is 0.606. The second-order valence-electron chi connectivity index (χ2n) is 7.30. The fraction of sp³-hybridized carbons (Fsp3) is 0.154. The van der Waals surface area contributed by atoms with Crippen LogP contribution >= 0.6 is 0 Å². The van der Waals surface area contributed by atoms with E-state index in [1.54, 1.807) is 19.2 Å². The Morgan fingerprint density at radius 3 is 2.13 bits per heavy atom. The number of urea groups is 1. The van der Waals surface area contributed by atoms with Crippen LogP contribution < -0.4 is 10.6 Å². The van der Waals surface area contributed by atoms with Crippen molar-refractivity contribution in [1.82, 2.24) is 4.90 Å². The molecule has 5 heteroatoms. The summed E-state index contributed by atoms with van der Waals surface area (Å²) in [6.45, 7) is 3.81. The van der Waals surface area contributed by atoms with Crippen molar-refractivity contribution in [2.24, 2.45) is 0 Å². The molecule has 0 saturated heterocycles. The minimum atomic E-state index is -0.371. The molecule has 2 N–H and O–H groups in total. The van der Waals surface area contributed by atoms with Crippen LogP contribution in [0.3, 0.4) is 0 Å². The Morgan fingerprint density at radius 1 is 0.806 bits per heavy atom. The number of likely N-dealkylation sites (N-methyl/N-ethyl adjacent to an activating group) is 1. The molecule has 3 amide bonds. The first-order valence-corrected chi connectivity index (χ1v) is 9.97. The summed E-state index contributed by atoms with van der Waals surface area (Å²) in [6.07, 6.45) is 0. The number of para-hydroxylation sites is 1. The lowest BCUT2D eigenvalue weighted by atomic mass is 10.1. The molecule has 3 rings (SSSR count). The van der Waals surface area contributed by atoms with Crippen molar-refractivity contribution in [3.05, 3.63) is 95.1 Å². The highest BCUT2D eigenvalue weighted by atomic mass is 16.2. The third-order valence-electron chi connectivity index (χ3n) is 4.71. The normalized spacial score (nSPS) is 9.90. The molecule has 31 heavy (non-hydrogen) atoms. The van der Waals surface area contributed by atoms with Gasteiger partial charge in [-0.2, -0.15) is 0 Å². The molecule has 0 unspecified atom stereocenters. The van der Waals surface area contributed by atoms with Crippen molar-refractivity contribution in [1.29, 1.82) is 0 Å². The van der Waals surface area contributed by atoms with Gasteiger partial charge in [0.05, 0.1) is 0 Å². The van der Waals surface area contributed by atoms with Crippen molar-refractivity contribution in [2.45, 2.75) is 13.8 Å². The van der Waals surface area contributed by atoms with Gasteiger partial charge in [0.25, 0.3) is 0 Å². The smallest absolute Gasteiger partial charge is 0.322 e. The van der Waals surface area contributed by atoms with E-state index in [0.717, 1.165) is 27.9 Å². The summed E-state index contributed by atoms with van der Waals surface area (Å²) < 4.78 is 0. The summed E-state index contributed by atoms with van der Waals surface area (Å²) in [7, 11) is 1.58. The summed E-state index contributed by atoms with van der Waals surface area (Å²) >= 11 is 0. The molecule has 3 aromatic carbocycles. The predicted molar refractivity (Wildman–Crippen MR) is 125 cm³/mol. The average molecular weight is 412 g/mol. The van der Waals surface area contributed by atoms with Crippen LogP contribution in [0.5, 0.6) is 0 Å². The first kappa shape index (κ1) is 21.7. The molecule has 0 spiro atoms. The van der Waals surface area contributed by atoms with Gasteiger partial charge in [0.1, 0.15) is 6.54 Å². The summed E-state index contributed by atoms with van der Waals surface area (Å²) in [5.41, 5.74) is 5.07. The van der Waals surface area contributed by atoms with Gasteiger partial charge >= 0.3 is 6.03 Å². The Hall–Kier alpha value is -4.04. The summed E-state index contributed by atoms with van der Waals surface area (Å²) in [6, 6.07) is 22.5. The van der Waals surface area contributed by atoms with Gasteiger partial charge in [-0.1, -0.05) is 54.3 Å².